The van der Waals surface area contributed by atoms with Crippen molar-refractivity contribution in [2.75, 3.05) is 0 Å². The first-order valence-corrected chi connectivity index (χ1v) is 5.77. The van der Waals surface area contributed by atoms with E-state index in [1.54, 1.807) is 0 Å². The van der Waals surface area contributed by atoms with Crippen LogP contribution in [0.3, 0.4) is 0 Å². The minimum Gasteiger partial charge on any atom is -0.299 e. The average molecular weight is 307 g/mol. The minimum absolute atomic E-state index is 0.113. The molecule has 0 aliphatic rings. The van der Waals surface area contributed by atoms with Crippen LogP contribution in [0, 0.1) is 4.77 Å². The van der Waals surface area contributed by atoms with Crippen LogP contribution in [0.25, 0.3) is 5.69 Å². The Hall–Kier alpha value is -1.60. The molecule has 0 unspecified atom stereocenters. The van der Waals surface area contributed by atoms with Crippen LogP contribution in [-0.2, 0) is 6.18 Å². The molecular formula is C11H6ClF3N2OS. The van der Waals surface area contributed by atoms with Gasteiger partial charge in [0, 0.05) is 12.3 Å². The third-order valence-electron chi connectivity index (χ3n) is 2.36. The zero-order valence-electron chi connectivity index (χ0n) is 9.16. The van der Waals surface area contributed by atoms with E-state index in [1.165, 1.54) is 12.1 Å². The van der Waals surface area contributed by atoms with E-state index in [0.29, 0.717) is 0 Å². The lowest BCUT2D eigenvalue weighted by Crippen LogP contribution is -2.15. The Labute approximate surface area is 115 Å². The number of alkyl halides is 3. The number of halogens is 4. The van der Waals surface area contributed by atoms with Crippen molar-refractivity contribution in [1.82, 2.24) is 9.55 Å². The highest BCUT2D eigenvalue weighted by Gasteiger charge is 2.34. The second kappa shape index (κ2) is 4.82. The standard InChI is InChI=1S/C11H6ClF3N2OS/c12-7-3-1-2-6(11(13,14)15)9(7)17-5-4-8(18)16-10(17)19/h1-5H,(H,16,18,19). The number of nitrogens with zero attached hydrogens (tertiary/aromatic N) is 1. The van der Waals surface area contributed by atoms with Gasteiger partial charge >= 0.3 is 6.18 Å². The van der Waals surface area contributed by atoms with Crippen LogP contribution < -0.4 is 5.56 Å². The molecule has 0 aliphatic heterocycles. The monoisotopic (exact) mass is 306 g/mol. The molecular weight excluding hydrogens is 301 g/mol. The van der Waals surface area contributed by atoms with Crippen molar-refractivity contribution in [3.05, 3.63) is 56.2 Å². The number of aromatic nitrogens is 2. The van der Waals surface area contributed by atoms with Crippen molar-refractivity contribution >= 4 is 23.8 Å². The summed E-state index contributed by atoms with van der Waals surface area (Å²) < 4.78 is 39.7. The van der Waals surface area contributed by atoms with Crippen molar-refractivity contribution in [2.24, 2.45) is 0 Å². The Morgan fingerprint density at radius 1 is 1.26 bits per heavy atom. The van der Waals surface area contributed by atoms with Gasteiger partial charge in [-0.05, 0) is 24.4 Å². The first-order chi connectivity index (χ1) is 8.80. The largest absolute Gasteiger partial charge is 0.418 e. The molecule has 0 fully saturated rings. The van der Waals surface area contributed by atoms with Gasteiger partial charge in [0.05, 0.1) is 16.3 Å². The number of nitrogens with one attached hydrogen (secondary N) is 1. The Morgan fingerprint density at radius 2 is 1.95 bits per heavy atom. The van der Waals surface area contributed by atoms with Crippen molar-refractivity contribution in [2.45, 2.75) is 6.18 Å². The summed E-state index contributed by atoms with van der Waals surface area (Å²) >= 11 is 10.7. The van der Waals surface area contributed by atoms with Gasteiger partial charge in [0.15, 0.2) is 4.77 Å². The number of aromatic amines is 1. The fourth-order valence-electron chi connectivity index (χ4n) is 1.58. The van der Waals surface area contributed by atoms with Gasteiger partial charge < -0.3 is 0 Å². The molecule has 19 heavy (non-hydrogen) atoms. The fraction of sp³-hybridized carbons (Fsp3) is 0.0909. The molecule has 2 aromatic rings. The maximum atomic E-state index is 12.9. The zero-order valence-corrected chi connectivity index (χ0v) is 10.7. The Morgan fingerprint density at radius 3 is 2.53 bits per heavy atom. The second-order valence-electron chi connectivity index (χ2n) is 3.61. The number of hydrogen-bond acceptors (Lipinski definition) is 2. The van der Waals surface area contributed by atoms with E-state index in [2.05, 4.69) is 4.98 Å². The SMILES string of the molecule is O=c1ccn(-c2c(Cl)cccc2C(F)(F)F)c(=S)[nH]1. The third-order valence-corrected chi connectivity index (χ3v) is 2.96. The minimum atomic E-state index is -4.58. The normalized spacial score (nSPS) is 11.6. The van der Waals surface area contributed by atoms with Gasteiger partial charge in [-0.2, -0.15) is 13.2 Å². The first-order valence-electron chi connectivity index (χ1n) is 4.99. The molecule has 1 heterocycles. The van der Waals surface area contributed by atoms with E-state index < -0.39 is 17.3 Å². The summed E-state index contributed by atoms with van der Waals surface area (Å²) in [4.78, 5) is 13.3. The van der Waals surface area contributed by atoms with Crippen LogP contribution in [0.2, 0.25) is 5.02 Å². The van der Waals surface area contributed by atoms with Crippen LogP contribution in [-0.4, -0.2) is 9.55 Å². The van der Waals surface area contributed by atoms with Crippen molar-refractivity contribution < 1.29 is 13.2 Å². The maximum Gasteiger partial charge on any atom is 0.418 e. The summed E-state index contributed by atoms with van der Waals surface area (Å²) in [6, 6.07) is 4.48. The maximum absolute atomic E-state index is 12.9. The smallest absolute Gasteiger partial charge is 0.299 e. The van der Waals surface area contributed by atoms with Crippen molar-refractivity contribution in [1.29, 1.82) is 0 Å². The summed E-state index contributed by atoms with van der Waals surface area (Å²) in [5.41, 5.74) is -1.73. The Kier molecular flexibility index (Phi) is 3.51. The predicted octanol–water partition coefficient (Wildman–Crippen LogP) is 3.57. The highest BCUT2D eigenvalue weighted by atomic mass is 35.5. The van der Waals surface area contributed by atoms with Crippen LogP contribution in [0.5, 0.6) is 0 Å². The molecule has 1 aromatic carbocycles. The van der Waals surface area contributed by atoms with Gasteiger partial charge in [0.1, 0.15) is 0 Å². The molecule has 0 atom stereocenters. The highest BCUT2D eigenvalue weighted by molar-refractivity contribution is 7.71. The zero-order chi connectivity index (χ0) is 14.2. The molecule has 0 bridgehead atoms. The molecule has 0 aliphatic carbocycles. The average Bonchev–Trinajstić information content (AvgIpc) is 2.28. The second-order valence-corrected chi connectivity index (χ2v) is 4.41. The Bertz CT molecular complexity index is 736. The number of rotatable bonds is 1. The van der Waals surface area contributed by atoms with Gasteiger partial charge in [-0.3, -0.25) is 14.3 Å². The lowest BCUT2D eigenvalue weighted by atomic mass is 10.1. The lowest BCUT2D eigenvalue weighted by molar-refractivity contribution is -0.137. The number of H-pyrrole nitrogens is 1. The van der Waals surface area contributed by atoms with Gasteiger partial charge in [-0.15, -0.1) is 0 Å². The van der Waals surface area contributed by atoms with E-state index in [4.69, 9.17) is 23.8 Å². The molecule has 8 heteroatoms. The van der Waals surface area contributed by atoms with E-state index in [-0.39, 0.29) is 15.5 Å². The molecule has 0 spiro atoms. The molecule has 0 amide bonds. The van der Waals surface area contributed by atoms with E-state index in [0.717, 1.165) is 22.9 Å². The fourth-order valence-corrected chi connectivity index (χ4v) is 2.10. The summed E-state index contributed by atoms with van der Waals surface area (Å²) in [6.45, 7) is 0. The van der Waals surface area contributed by atoms with Crippen LogP contribution in [0.1, 0.15) is 5.56 Å². The van der Waals surface area contributed by atoms with Gasteiger partial charge in [-0.25, -0.2) is 0 Å². The third kappa shape index (κ3) is 2.71. The Balaban J connectivity index is 2.82. The molecule has 100 valence electrons. The van der Waals surface area contributed by atoms with Crippen LogP contribution >= 0.6 is 23.8 Å². The molecule has 0 saturated heterocycles. The summed E-state index contributed by atoms with van der Waals surface area (Å²) in [7, 11) is 0. The van der Waals surface area contributed by atoms with E-state index in [1.807, 2.05) is 0 Å². The number of hydrogen-bond donors (Lipinski definition) is 1. The molecule has 0 radical (unpaired) electrons. The van der Waals surface area contributed by atoms with Crippen molar-refractivity contribution in [3.8, 4) is 5.69 Å². The van der Waals surface area contributed by atoms with Crippen LogP contribution in [0.4, 0.5) is 13.2 Å². The molecule has 1 N–H and O–H groups in total. The molecule has 2 rings (SSSR count). The first kappa shape index (κ1) is 13.8. The molecule has 1 aromatic heterocycles. The number of para-hydroxylation sites is 1. The summed E-state index contributed by atoms with van der Waals surface area (Å²) in [5, 5.41) is -0.113. The van der Waals surface area contributed by atoms with E-state index >= 15 is 0 Å². The van der Waals surface area contributed by atoms with Gasteiger partial charge in [0.25, 0.3) is 5.56 Å². The quantitative estimate of drug-likeness (QED) is 0.818. The van der Waals surface area contributed by atoms with Gasteiger partial charge in [0.2, 0.25) is 0 Å². The lowest BCUT2D eigenvalue weighted by Gasteiger charge is -2.16. The molecule has 0 saturated carbocycles. The molecule has 3 nitrogen and oxygen atoms in total. The van der Waals surface area contributed by atoms with Gasteiger partial charge in [-0.1, -0.05) is 17.7 Å². The topological polar surface area (TPSA) is 37.8 Å². The predicted molar refractivity (Wildman–Crippen MR) is 67.2 cm³/mol. The summed E-state index contributed by atoms with van der Waals surface area (Å²) in [6.07, 6.45) is -3.43. The van der Waals surface area contributed by atoms with Crippen LogP contribution in [0.15, 0.2) is 35.3 Å². The van der Waals surface area contributed by atoms with E-state index in [9.17, 15) is 18.0 Å². The van der Waals surface area contributed by atoms with Crippen molar-refractivity contribution in [3.63, 3.8) is 0 Å². The summed E-state index contributed by atoms with van der Waals surface area (Å²) in [5.74, 6) is 0. The highest BCUT2D eigenvalue weighted by Crippen LogP contribution is 2.36. The number of benzene rings is 1.